The third-order valence-corrected chi connectivity index (χ3v) is 7.78. The number of fused-ring (bicyclic) bond motifs is 3. The highest BCUT2D eigenvalue weighted by atomic mass is 15.1. The summed E-state index contributed by atoms with van der Waals surface area (Å²) in [5, 5.41) is 6.00. The quantitative estimate of drug-likeness (QED) is 0.243. The fourth-order valence-electron chi connectivity index (χ4n) is 5.78. The Kier molecular flexibility index (Phi) is 6.09. The third kappa shape index (κ3) is 4.42. The van der Waals surface area contributed by atoms with Crippen LogP contribution >= 0.6 is 0 Å². The largest absolute Gasteiger partial charge is 0.360 e. The van der Waals surface area contributed by atoms with Crippen molar-refractivity contribution in [1.29, 1.82) is 0 Å². The lowest BCUT2D eigenvalue weighted by molar-refractivity contribution is 0.620. The summed E-state index contributed by atoms with van der Waals surface area (Å²) in [5.41, 5.74) is 11.7. The Balaban J connectivity index is 1.37. The van der Waals surface area contributed by atoms with Gasteiger partial charge in [0.1, 0.15) is 6.17 Å². The van der Waals surface area contributed by atoms with Crippen molar-refractivity contribution in [1.82, 2.24) is 15.3 Å². The number of aromatic nitrogens is 2. The van der Waals surface area contributed by atoms with Crippen LogP contribution in [0.4, 0.5) is 0 Å². The van der Waals surface area contributed by atoms with Crippen molar-refractivity contribution < 1.29 is 0 Å². The summed E-state index contributed by atoms with van der Waals surface area (Å²) in [5.74, 6) is 0. The summed E-state index contributed by atoms with van der Waals surface area (Å²) in [4.78, 5) is 15.4. The summed E-state index contributed by atoms with van der Waals surface area (Å²) >= 11 is 0. The molecule has 0 fully saturated rings. The molecule has 4 heteroatoms. The Bertz CT molecular complexity index is 1890. The maximum Gasteiger partial charge on any atom is 0.146 e. The van der Waals surface area contributed by atoms with Gasteiger partial charge in [0.25, 0.3) is 0 Å². The molecule has 1 N–H and O–H groups in total. The topological polar surface area (TPSA) is 50.2 Å². The lowest BCUT2D eigenvalue weighted by Gasteiger charge is -2.28. The predicted octanol–water partition coefficient (Wildman–Crippen LogP) is 8.32. The van der Waals surface area contributed by atoms with Gasteiger partial charge in [-0.2, -0.15) is 0 Å². The van der Waals surface area contributed by atoms with Crippen LogP contribution < -0.4 is 5.32 Å². The molecule has 2 aromatic heterocycles. The average Bonchev–Trinajstić information content (AvgIpc) is 3.01. The van der Waals surface area contributed by atoms with Crippen LogP contribution in [0, 0.1) is 13.8 Å². The van der Waals surface area contributed by atoms with Crippen molar-refractivity contribution >= 4 is 27.5 Å². The molecule has 4 nitrogen and oxygen atoms in total. The third-order valence-electron chi connectivity index (χ3n) is 7.78. The maximum absolute atomic E-state index is 5.23. The zero-order valence-electron chi connectivity index (χ0n) is 22.7. The molecular weight excluding hydrogens is 488 g/mol. The van der Waals surface area contributed by atoms with Gasteiger partial charge in [-0.15, -0.1) is 0 Å². The molecule has 2 aliphatic rings. The first-order valence-electron chi connectivity index (χ1n) is 13.9. The maximum atomic E-state index is 5.23. The van der Waals surface area contributed by atoms with Gasteiger partial charge in [-0.1, -0.05) is 91.0 Å². The molecule has 1 atom stereocenters. The van der Waals surface area contributed by atoms with Crippen molar-refractivity contribution in [3.8, 4) is 11.3 Å². The van der Waals surface area contributed by atoms with E-state index >= 15 is 0 Å². The summed E-state index contributed by atoms with van der Waals surface area (Å²) < 4.78 is 0. The van der Waals surface area contributed by atoms with Crippen LogP contribution in [0.15, 0.2) is 125 Å². The first kappa shape index (κ1) is 24.2. The van der Waals surface area contributed by atoms with Crippen LogP contribution in [-0.4, -0.2) is 15.7 Å². The Hall–Kier alpha value is -4.83. The minimum Gasteiger partial charge on any atom is -0.360 e. The summed E-state index contributed by atoms with van der Waals surface area (Å²) in [6.45, 7) is 4.19. The number of nitrogens with zero attached hydrogens (tertiary/aromatic N) is 3. The number of rotatable bonds is 4. The summed E-state index contributed by atoms with van der Waals surface area (Å²) in [6, 6.07) is 29.6. The molecular formula is C36H30N4. The molecule has 1 unspecified atom stereocenters. The molecule has 5 aromatic rings. The fraction of sp³-hybridized carbons (Fsp3) is 0.139. The van der Waals surface area contributed by atoms with Crippen molar-refractivity contribution in [2.75, 3.05) is 0 Å². The molecule has 3 heterocycles. The van der Waals surface area contributed by atoms with E-state index in [-0.39, 0.29) is 6.17 Å². The van der Waals surface area contributed by atoms with Crippen LogP contribution in [-0.2, 0) is 0 Å². The van der Waals surface area contributed by atoms with E-state index in [1.54, 1.807) is 0 Å². The van der Waals surface area contributed by atoms with Crippen LogP contribution in [0.2, 0.25) is 0 Å². The van der Waals surface area contributed by atoms with Gasteiger partial charge in [-0.3, -0.25) is 9.98 Å². The highest BCUT2D eigenvalue weighted by molar-refractivity contribution is 6.10. The number of allylic oxidation sites excluding steroid dienone is 5. The van der Waals surface area contributed by atoms with Gasteiger partial charge >= 0.3 is 0 Å². The number of nitrogens with one attached hydrogen (secondary N) is 1. The normalized spacial score (nSPS) is 16.9. The molecule has 0 saturated carbocycles. The van der Waals surface area contributed by atoms with E-state index in [2.05, 4.69) is 115 Å². The number of aliphatic imine (C=N–C) groups is 1. The number of benzene rings is 3. The molecule has 194 valence electrons. The van der Waals surface area contributed by atoms with Gasteiger partial charge in [0.15, 0.2) is 0 Å². The van der Waals surface area contributed by atoms with E-state index in [9.17, 15) is 0 Å². The van der Waals surface area contributed by atoms with Crippen LogP contribution in [0.5, 0.6) is 0 Å². The van der Waals surface area contributed by atoms with Crippen molar-refractivity contribution in [2.24, 2.45) is 4.99 Å². The van der Waals surface area contributed by atoms with Gasteiger partial charge in [0.2, 0.25) is 0 Å². The van der Waals surface area contributed by atoms with Crippen molar-refractivity contribution in [2.45, 2.75) is 32.9 Å². The van der Waals surface area contributed by atoms with E-state index in [1.165, 1.54) is 11.1 Å². The average molecular weight is 519 g/mol. The van der Waals surface area contributed by atoms with Crippen molar-refractivity contribution in [3.05, 3.63) is 143 Å². The van der Waals surface area contributed by atoms with E-state index in [4.69, 9.17) is 15.0 Å². The molecule has 7 rings (SSSR count). The highest BCUT2D eigenvalue weighted by Gasteiger charge is 2.23. The minimum atomic E-state index is -0.245. The Morgan fingerprint density at radius 1 is 0.825 bits per heavy atom. The minimum absolute atomic E-state index is 0.245. The second-order valence-corrected chi connectivity index (χ2v) is 10.5. The first-order chi connectivity index (χ1) is 19.6. The van der Waals surface area contributed by atoms with E-state index < -0.39 is 0 Å². The molecule has 1 aliphatic carbocycles. The molecule has 0 radical (unpaired) electrons. The van der Waals surface area contributed by atoms with Gasteiger partial charge in [-0.05, 0) is 61.6 Å². The van der Waals surface area contributed by atoms with E-state index in [1.807, 2.05) is 13.0 Å². The Morgan fingerprint density at radius 2 is 1.65 bits per heavy atom. The lowest BCUT2D eigenvalue weighted by Crippen LogP contribution is -2.27. The predicted molar refractivity (Wildman–Crippen MR) is 165 cm³/mol. The van der Waals surface area contributed by atoms with Crippen LogP contribution in [0.3, 0.4) is 0 Å². The lowest BCUT2D eigenvalue weighted by atomic mass is 9.95. The molecule has 0 bridgehead atoms. The SMILES string of the molecule is Cc1cc(C)c2ccc3ccc(-c4ccccc4C4N=C(c5ccccc5)C=C(C5=CC=CCC5)N4)nc3c2n1. The van der Waals surface area contributed by atoms with E-state index in [0.29, 0.717) is 0 Å². The zero-order chi connectivity index (χ0) is 27.1. The fourth-order valence-corrected chi connectivity index (χ4v) is 5.78. The molecule has 0 spiro atoms. The zero-order valence-corrected chi connectivity index (χ0v) is 22.7. The molecule has 1 aliphatic heterocycles. The second-order valence-electron chi connectivity index (χ2n) is 10.5. The summed E-state index contributed by atoms with van der Waals surface area (Å²) in [7, 11) is 0. The van der Waals surface area contributed by atoms with Crippen molar-refractivity contribution in [3.63, 3.8) is 0 Å². The molecule has 3 aromatic carbocycles. The van der Waals surface area contributed by atoms with Gasteiger partial charge < -0.3 is 5.32 Å². The monoisotopic (exact) mass is 518 g/mol. The van der Waals surface area contributed by atoms with Gasteiger partial charge in [-0.25, -0.2) is 4.98 Å². The Labute approximate surface area is 234 Å². The number of pyridine rings is 2. The summed E-state index contributed by atoms with van der Waals surface area (Å²) in [6.07, 6.45) is 10.6. The Morgan fingerprint density at radius 3 is 2.50 bits per heavy atom. The van der Waals surface area contributed by atoms with Gasteiger partial charge in [0.05, 0.1) is 22.4 Å². The van der Waals surface area contributed by atoms with E-state index in [0.717, 1.165) is 74.1 Å². The number of hydrogen-bond acceptors (Lipinski definition) is 4. The van der Waals surface area contributed by atoms with Gasteiger partial charge in [0, 0.05) is 33.3 Å². The van der Waals surface area contributed by atoms with Crippen LogP contribution in [0.1, 0.15) is 41.4 Å². The standard InChI is InChI=1S/C36H30N4/c1-23-21-24(2)37-35-28(23)19-17-27-18-20-31(38-34(27)35)29-15-9-10-16-30(29)36-39-32(25-11-5-3-6-12-25)22-33(40-36)26-13-7-4-8-14-26/h3-7,9-13,15-22,36,40H,8,14H2,1-2H3. The molecule has 0 amide bonds. The van der Waals surface area contributed by atoms with Crippen LogP contribution in [0.25, 0.3) is 33.1 Å². The molecule has 40 heavy (non-hydrogen) atoms. The second kappa shape index (κ2) is 10.0. The molecule has 0 saturated heterocycles. The smallest absolute Gasteiger partial charge is 0.146 e. The highest BCUT2D eigenvalue weighted by Crippen LogP contribution is 2.34. The first-order valence-corrected chi connectivity index (χ1v) is 13.9. The number of hydrogen-bond donors (Lipinski definition) is 1. The number of aryl methyl sites for hydroxylation is 2.